The van der Waals surface area contributed by atoms with E-state index in [4.69, 9.17) is 0 Å². The Kier molecular flexibility index (Phi) is 6.29. The molecule has 0 radical (unpaired) electrons. The van der Waals surface area contributed by atoms with Crippen LogP contribution in [0.4, 0.5) is 5.69 Å². The maximum absolute atomic E-state index is 12.6. The van der Waals surface area contributed by atoms with Gasteiger partial charge in [0.1, 0.15) is 0 Å². The van der Waals surface area contributed by atoms with Gasteiger partial charge in [0.15, 0.2) is 0 Å². The standard InChI is InChI=1S/C13H21BrN2O2S/c1-4-11-16(13-9-7-12(14)8-10-13)19(17,18)15(5-2)6-3/h7-10H,4-6,11H2,1-3H3. The average Bonchev–Trinajstić information content (AvgIpc) is 2.38. The van der Waals surface area contributed by atoms with Gasteiger partial charge < -0.3 is 0 Å². The second-order valence-corrected chi connectivity index (χ2v) is 6.91. The molecule has 0 heterocycles. The van der Waals surface area contributed by atoms with Gasteiger partial charge in [0.2, 0.25) is 0 Å². The first-order valence-corrected chi connectivity index (χ1v) is 8.69. The Hall–Kier alpha value is -0.590. The maximum atomic E-state index is 12.6. The summed E-state index contributed by atoms with van der Waals surface area (Å²) in [6.45, 7) is 7.13. The number of hydrogen-bond acceptors (Lipinski definition) is 2. The van der Waals surface area contributed by atoms with Crippen LogP contribution in [0, 0.1) is 0 Å². The molecule has 0 unspecified atom stereocenters. The predicted molar refractivity (Wildman–Crippen MR) is 83.6 cm³/mol. The van der Waals surface area contributed by atoms with E-state index < -0.39 is 10.2 Å². The molecule has 0 spiro atoms. The largest absolute Gasteiger partial charge is 0.304 e. The molecule has 0 aliphatic rings. The van der Waals surface area contributed by atoms with Crippen LogP contribution in [0.2, 0.25) is 0 Å². The van der Waals surface area contributed by atoms with Crippen molar-refractivity contribution in [1.29, 1.82) is 0 Å². The Morgan fingerprint density at radius 2 is 1.58 bits per heavy atom. The minimum absolute atomic E-state index is 0.482. The monoisotopic (exact) mass is 348 g/mol. The lowest BCUT2D eigenvalue weighted by atomic mass is 10.3. The highest BCUT2D eigenvalue weighted by atomic mass is 79.9. The predicted octanol–water partition coefficient (Wildman–Crippen LogP) is 3.25. The van der Waals surface area contributed by atoms with E-state index in [2.05, 4.69) is 15.9 Å². The molecule has 4 nitrogen and oxygen atoms in total. The molecule has 0 fully saturated rings. The summed E-state index contributed by atoms with van der Waals surface area (Å²) in [6, 6.07) is 7.35. The van der Waals surface area contributed by atoms with Gasteiger partial charge in [0, 0.05) is 24.1 Å². The van der Waals surface area contributed by atoms with E-state index in [1.54, 1.807) is 0 Å². The first-order chi connectivity index (χ1) is 8.97. The molecule has 19 heavy (non-hydrogen) atoms. The van der Waals surface area contributed by atoms with Gasteiger partial charge in [-0.25, -0.2) is 0 Å². The Balaban J connectivity index is 3.16. The maximum Gasteiger partial charge on any atom is 0.304 e. The molecule has 0 amide bonds. The van der Waals surface area contributed by atoms with Crippen LogP contribution in [-0.2, 0) is 10.2 Å². The molecule has 0 saturated heterocycles. The van der Waals surface area contributed by atoms with Crippen LogP contribution in [0.5, 0.6) is 0 Å². The average molecular weight is 349 g/mol. The first kappa shape index (κ1) is 16.5. The Morgan fingerprint density at radius 1 is 1.05 bits per heavy atom. The molecular weight excluding hydrogens is 328 g/mol. The van der Waals surface area contributed by atoms with Gasteiger partial charge in [-0.15, -0.1) is 0 Å². The smallest absolute Gasteiger partial charge is 0.258 e. The van der Waals surface area contributed by atoms with Crippen molar-refractivity contribution in [3.05, 3.63) is 28.7 Å². The Bertz CT molecular complexity index is 484. The number of benzene rings is 1. The fourth-order valence-corrected chi connectivity index (χ4v) is 3.87. The van der Waals surface area contributed by atoms with Crippen LogP contribution < -0.4 is 4.31 Å². The molecule has 0 aliphatic carbocycles. The second-order valence-electron chi connectivity index (χ2n) is 4.14. The highest BCUT2D eigenvalue weighted by Gasteiger charge is 2.27. The van der Waals surface area contributed by atoms with Crippen molar-refractivity contribution in [1.82, 2.24) is 4.31 Å². The summed E-state index contributed by atoms with van der Waals surface area (Å²) in [5, 5.41) is 0. The molecule has 0 N–H and O–H groups in total. The van der Waals surface area contributed by atoms with Crippen LogP contribution >= 0.6 is 15.9 Å². The topological polar surface area (TPSA) is 40.6 Å². The Morgan fingerprint density at radius 3 is 2.00 bits per heavy atom. The summed E-state index contributed by atoms with van der Waals surface area (Å²) in [4.78, 5) is 0. The van der Waals surface area contributed by atoms with E-state index in [9.17, 15) is 8.42 Å². The second kappa shape index (κ2) is 7.26. The van der Waals surface area contributed by atoms with Crippen LogP contribution in [0.3, 0.4) is 0 Å². The third-order valence-corrected chi connectivity index (χ3v) is 5.50. The third-order valence-electron chi connectivity index (χ3n) is 2.85. The van der Waals surface area contributed by atoms with Crippen molar-refractivity contribution in [3.63, 3.8) is 0 Å². The minimum atomic E-state index is -3.44. The van der Waals surface area contributed by atoms with E-state index in [1.807, 2.05) is 45.0 Å². The van der Waals surface area contributed by atoms with Gasteiger partial charge in [-0.1, -0.05) is 36.7 Å². The first-order valence-electron chi connectivity index (χ1n) is 6.50. The molecule has 0 aromatic heterocycles. The van der Waals surface area contributed by atoms with E-state index in [-0.39, 0.29) is 0 Å². The van der Waals surface area contributed by atoms with E-state index in [0.717, 1.165) is 10.9 Å². The normalized spacial score (nSPS) is 11.8. The van der Waals surface area contributed by atoms with Crippen LogP contribution in [0.25, 0.3) is 0 Å². The summed E-state index contributed by atoms with van der Waals surface area (Å²) in [5.41, 5.74) is 0.706. The highest BCUT2D eigenvalue weighted by molar-refractivity contribution is 9.10. The lowest BCUT2D eigenvalue weighted by Crippen LogP contribution is -2.44. The quantitative estimate of drug-likeness (QED) is 0.758. The minimum Gasteiger partial charge on any atom is -0.258 e. The van der Waals surface area contributed by atoms with Crippen LogP contribution in [0.1, 0.15) is 27.2 Å². The van der Waals surface area contributed by atoms with Crippen molar-refractivity contribution in [3.8, 4) is 0 Å². The lowest BCUT2D eigenvalue weighted by Gasteiger charge is -2.30. The molecule has 0 bridgehead atoms. The zero-order chi connectivity index (χ0) is 14.5. The van der Waals surface area contributed by atoms with Crippen molar-refractivity contribution < 1.29 is 8.42 Å². The summed E-state index contributed by atoms with van der Waals surface area (Å²) >= 11 is 3.36. The van der Waals surface area contributed by atoms with Gasteiger partial charge >= 0.3 is 10.2 Å². The van der Waals surface area contributed by atoms with Gasteiger partial charge in [0.05, 0.1) is 5.69 Å². The molecule has 6 heteroatoms. The number of anilines is 1. The number of halogens is 1. The van der Waals surface area contributed by atoms with Crippen molar-refractivity contribution in [2.24, 2.45) is 0 Å². The molecule has 0 aliphatic heterocycles. The third kappa shape index (κ3) is 3.94. The Labute approximate surface area is 124 Å². The number of hydrogen-bond donors (Lipinski definition) is 0. The van der Waals surface area contributed by atoms with Gasteiger partial charge in [-0.05, 0) is 30.7 Å². The van der Waals surface area contributed by atoms with Crippen molar-refractivity contribution in [2.75, 3.05) is 23.9 Å². The molecule has 108 valence electrons. The number of nitrogens with zero attached hydrogens (tertiary/aromatic N) is 2. The molecule has 0 atom stereocenters. The summed E-state index contributed by atoms with van der Waals surface area (Å²) in [7, 11) is -3.44. The summed E-state index contributed by atoms with van der Waals surface area (Å²) in [5.74, 6) is 0. The van der Waals surface area contributed by atoms with E-state index in [1.165, 1.54) is 8.61 Å². The van der Waals surface area contributed by atoms with Crippen molar-refractivity contribution >= 4 is 31.8 Å². The summed E-state index contributed by atoms with van der Waals surface area (Å²) < 4.78 is 29.1. The molecule has 1 aromatic rings. The molecule has 1 rings (SSSR count). The van der Waals surface area contributed by atoms with E-state index >= 15 is 0 Å². The zero-order valence-electron chi connectivity index (χ0n) is 11.6. The SMILES string of the molecule is CCCN(c1ccc(Br)cc1)S(=O)(=O)N(CC)CC. The van der Waals surface area contributed by atoms with E-state index in [0.29, 0.717) is 25.3 Å². The summed E-state index contributed by atoms with van der Waals surface area (Å²) in [6.07, 6.45) is 0.774. The zero-order valence-corrected chi connectivity index (χ0v) is 14.0. The van der Waals surface area contributed by atoms with Gasteiger partial charge in [0.25, 0.3) is 0 Å². The molecule has 0 saturated carbocycles. The van der Waals surface area contributed by atoms with Gasteiger partial charge in [-0.3, -0.25) is 4.31 Å². The molecule has 1 aromatic carbocycles. The highest BCUT2D eigenvalue weighted by Crippen LogP contribution is 2.23. The fourth-order valence-electron chi connectivity index (χ4n) is 1.88. The van der Waals surface area contributed by atoms with Crippen LogP contribution in [-0.4, -0.2) is 32.4 Å². The van der Waals surface area contributed by atoms with Gasteiger partial charge in [-0.2, -0.15) is 12.7 Å². The fraction of sp³-hybridized carbons (Fsp3) is 0.538. The molecular formula is C13H21BrN2O2S. The van der Waals surface area contributed by atoms with Crippen molar-refractivity contribution in [2.45, 2.75) is 27.2 Å². The lowest BCUT2D eigenvalue weighted by molar-refractivity contribution is 0.441. The van der Waals surface area contributed by atoms with Crippen LogP contribution in [0.15, 0.2) is 28.7 Å². The number of rotatable bonds is 7.